The van der Waals surface area contributed by atoms with Crippen molar-refractivity contribution in [2.24, 2.45) is 0 Å². The Labute approximate surface area is 663 Å². The molecule has 5 atom stereocenters. The number of phosphoric ester groups is 2. The van der Waals surface area contributed by atoms with Crippen LogP contribution in [0, 0.1) is 0 Å². The van der Waals surface area contributed by atoms with Crippen LogP contribution in [0.5, 0.6) is 0 Å². The molecule has 4 N–H and O–H groups in total. The molecule has 0 aromatic rings. The summed E-state index contributed by atoms with van der Waals surface area (Å²) in [5, 5.41) is 20.7. The quantitative estimate of drug-likeness (QED) is 0.0146. The maximum atomic E-state index is 13.0. The zero-order valence-corrected chi connectivity index (χ0v) is 70.2. The largest absolute Gasteiger partial charge is 0.472 e. The number of aliphatic hydroxyl groups excluding tert-OH is 2. The molecule has 0 amide bonds. The second kappa shape index (κ2) is 82.6. The molecule has 0 saturated carbocycles. The van der Waals surface area contributed by atoms with Crippen LogP contribution in [-0.4, -0.2) is 95.9 Å². The van der Waals surface area contributed by atoms with Crippen LogP contribution >= 0.6 is 15.6 Å². The summed E-state index contributed by atoms with van der Waals surface area (Å²) in [6, 6.07) is 0. The Kier molecular flexibility index (Phi) is 79.0. The summed E-state index contributed by atoms with van der Waals surface area (Å²) in [5.74, 6) is -1.62. The smallest absolute Gasteiger partial charge is 0.463 e. The summed E-state index contributed by atoms with van der Waals surface area (Å²) in [7, 11) is -9.82. The summed E-state index contributed by atoms with van der Waals surface area (Å²) >= 11 is 0. The van der Waals surface area contributed by atoms with Gasteiger partial charge in [0.2, 0.25) is 0 Å². The van der Waals surface area contributed by atoms with Gasteiger partial charge in [-0.15, -0.1) is 0 Å². The summed E-state index contributed by atoms with van der Waals surface area (Å²) in [5.41, 5.74) is 0. The van der Waals surface area contributed by atoms with Crippen molar-refractivity contribution in [1.82, 2.24) is 0 Å². The van der Waals surface area contributed by atoms with Crippen molar-refractivity contribution in [2.45, 2.75) is 360 Å². The lowest BCUT2D eigenvalue weighted by Crippen LogP contribution is -2.30. The fourth-order valence-electron chi connectivity index (χ4n) is 11.2. The first-order valence-electron chi connectivity index (χ1n) is 42.8. The molecule has 5 unspecified atom stereocenters. The number of hydrogen-bond donors (Lipinski definition) is 4. The highest BCUT2D eigenvalue weighted by Gasteiger charge is 2.29. The Morgan fingerprint density at radius 1 is 0.266 bits per heavy atom. The number of carbonyl (C=O) groups is 3. The zero-order chi connectivity index (χ0) is 79.4. The molecule has 0 aliphatic carbocycles. The first-order chi connectivity index (χ1) is 53.2. The molecule has 109 heavy (non-hydrogen) atoms. The van der Waals surface area contributed by atoms with Crippen LogP contribution in [0.2, 0.25) is 0 Å². The van der Waals surface area contributed by atoms with E-state index in [1.807, 2.05) is 0 Å². The number of unbranched alkanes of at least 4 members (excludes halogenated alkanes) is 31. The second-order valence-electron chi connectivity index (χ2n) is 28.2. The molecule has 0 rings (SSSR count). The molecule has 0 radical (unpaired) electrons. The molecule has 16 nitrogen and oxygen atoms in total. The Bertz CT molecular complexity index is 2610. The number of hydrogen-bond acceptors (Lipinski definition) is 14. The van der Waals surface area contributed by atoms with Gasteiger partial charge in [0.15, 0.2) is 6.10 Å². The monoisotopic (exact) mass is 1570 g/mol. The van der Waals surface area contributed by atoms with Crippen molar-refractivity contribution in [3.8, 4) is 0 Å². The summed E-state index contributed by atoms with van der Waals surface area (Å²) in [6.45, 7) is 2.49. The fourth-order valence-corrected chi connectivity index (χ4v) is 12.8. The minimum atomic E-state index is -4.95. The molecular formula is C91H154O16P2. The molecule has 0 spiro atoms. The van der Waals surface area contributed by atoms with Gasteiger partial charge in [0.25, 0.3) is 0 Å². The number of phosphoric acid groups is 2. The minimum absolute atomic E-state index is 0.0748. The number of carbonyl (C=O) groups excluding carboxylic acids is 3. The highest BCUT2D eigenvalue weighted by Crippen LogP contribution is 2.45. The van der Waals surface area contributed by atoms with E-state index in [0.29, 0.717) is 19.3 Å². The van der Waals surface area contributed by atoms with Crippen molar-refractivity contribution in [2.75, 3.05) is 39.6 Å². The zero-order valence-electron chi connectivity index (χ0n) is 68.4. The van der Waals surface area contributed by atoms with E-state index in [4.69, 9.17) is 32.3 Å². The molecule has 0 saturated heterocycles. The maximum Gasteiger partial charge on any atom is 0.472 e. The Balaban J connectivity index is 4.60. The lowest BCUT2D eigenvalue weighted by molar-refractivity contribution is -0.161. The number of ether oxygens (including phenoxy) is 3. The molecule has 0 fully saturated rings. The summed E-state index contributed by atoms with van der Waals surface area (Å²) in [6.07, 6.45) is 104. The normalized spacial score (nSPS) is 14.7. The Morgan fingerprint density at radius 2 is 0.486 bits per heavy atom. The van der Waals surface area contributed by atoms with E-state index in [1.54, 1.807) is 0 Å². The molecular weight excluding hydrogens is 1410 g/mol. The third kappa shape index (κ3) is 83.9. The summed E-state index contributed by atoms with van der Waals surface area (Å²) < 4.78 is 61.3. The lowest BCUT2D eigenvalue weighted by atomic mass is 10.0. The molecule has 0 aliphatic rings. The highest BCUT2D eigenvalue weighted by molar-refractivity contribution is 7.47. The van der Waals surface area contributed by atoms with Gasteiger partial charge in [-0.25, -0.2) is 9.13 Å². The number of allylic oxidation sites excluding steroid dienone is 26. The van der Waals surface area contributed by atoms with Crippen molar-refractivity contribution in [1.29, 1.82) is 0 Å². The van der Waals surface area contributed by atoms with E-state index >= 15 is 0 Å². The van der Waals surface area contributed by atoms with E-state index in [1.165, 1.54) is 122 Å². The second-order valence-corrected chi connectivity index (χ2v) is 31.2. The SMILES string of the molecule is CC/C=C\C/C=C\C/C=C\C/C=C\C/C=C\CCCCCCCCCCCCCCCCCC(=O)OCC(O)COP(=O)(O)OCC(O)COP(=O)(O)OCC(COC(=O)CCCCCCC/C=C\C/C=C\C/C=C\C/C=C\CCCCC)OC(=O)CCCCCCC/C=C\C/C=C\C/C=C\C/C=C\CCCCC. The van der Waals surface area contributed by atoms with Crippen molar-refractivity contribution in [3.05, 3.63) is 158 Å². The number of aliphatic hydroxyl groups is 2. The minimum Gasteiger partial charge on any atom is -0.463 e. The summed E-state index contributed by atoms with van der Waals surface area (Å²) in [4.78, 5) is 58.8. The maximum absolute atomic E-state index is 13.0. The van der Waals surface area contributed by atoms with Crippen LogP contribution in [0.4, 0.5) is 0 Å². The van der Waals surface area contributed by atoms with Gasteiger partial charge in [0, 0.05) is 19.3 Å². The third-order valence-electron chi connectivity index (χ3n) is 17.7. The van der Waals surface area contributed by atoms with Crippen molar-refractivity contribution < 1.29 is 75.8 Å². The Morgan fingerprint density at radius 3 is 0.771 bits per heavy atom. The molecule has 0 heterocycles. The molecule has 624 valence electrons. The van der Waals surface area contributed by atoms with Gasteiger partial charge in [0.1, 0.15) is 25.4 Å². The highest BCUT2D eigenvalue weighted by atomic mass is 31.2. The standard InChI is InChI=1S/C91H154O16P2/c1-4-7-10-13-16-19-22-25-28-31-34-37-38-39-40-41-42-43-44-45-46-49-51-53-56-59-62-65-68-71-74-77-89(94)101-80-86(92)81-103-108(97,98)104-82-87(93)83-105-109(99,100)106-85-88(107-91(96)79-76-73-70-67-64-61-58-55-52-48-36-33-30-27-24-21-18-15-12-9-6-3)84-102-90(95)78-75-72-69-66-63-60-57-54-50-47-35-32-29-26-23-20-17-14-11-8-5-2/h7,10,16-21,25-30,34-37,39-40,47-48,54-55,57-58,86-88,92-93H,4-6,8-9,11-15,22-24,31-33,38,41-46,49-53,56,59-85H2,1-3H3,(H,97,98)(H,99,100)/b10-7-,19-16-,20-17-,21-18-,28-25-,29-26-,30-27-,37-34-,40-39-,47-35-,48-36-,57-54-,58-55-. The van der Waals surface area contributed by atoms with E-state index in [-0.39, 0.29) is 19.3 Å². The van der Waals surface area contributed by atoms with Crippen LogP contribution in [0.1, 0.15) is 342 Å². The molecule has 0 aliphatic heterocycles. The van der Waals surface area contributed by atoms with Crippen molar-refractivity contribution in [3.63, 3.8) is 0 Å². The average Bonchev–Trinajstić information content (AvgIpc) is 0.903. The van der Waals surface area contributed by atoms with Crippen LogP contribution in [0.25, 0.3) is 0 Å². The number of rotatable bonds is 80. The fraction of sp³-hybridized carbons (Fsp3) is 0.681. The van der Waals surface area contributed by atoms with E-state index in [9.17, 15) is 43.5 Å². The van der Waals surface area contributed by atoms with Gasteiger partial charge in [0.05, 0.1) is 26.4 Å². The van der Waals surface area contributed by atoms with E-state index in [2.05, 4.69) is 179 Å². The van der Waals surface area contributed by atoms with Crippen LogP contribution in [0.3, 0.4) is 0 Å². The van der Waals surface area contributed by atoms with E-state index in [0.717, 1.165) is 161 Å². The third-order valence-corrected chi connectivity index (χ3v) is 19.6. The van der Waals surface area contributed by atoms with Crippen molar-refractivity contribution >= 4 is 33.6 Å². The van der Waals surface area contributed by atoms with Gasteiger partial charge in [-0.3, -0.25) is 32.5 Å². The van der Waals surface area contributed by atoms with Gasteiger partial charge < -0.3 is 34.2 Å². The predicted octanol–water partition coefficient (Wildman–Crippen LogP) is 25.8. The predicted molar refractivity (Wildman–Crippen MR) is 454 cm³/mol. The van der Waals surface area contributed by atoms with Gasteiger partial charge in [-0.05, 0) is 154 Å². The average molecular weight is 1570 g/mol. The first kappa shape index (κ1) is 104. The first-order valence-corrected chi connectivity index (χ1v) is 45.8. The van der Waals surface area contributed by atoms with Crippen LogP contribution in [-0.2, 0) is 55.8 Å². The molecule has 18 heteroatoms. The topological polar surface area (TPSA) is 231 Å². The lowest BCUT2D eigenvalue weighted by Gasteiger charge is -2.21. The van der Waals surface area contributed by atoms with Gasteiger partial charge in [-0.1, -0.05) is 326 Å². The van der Waals surface area contributed by atoms with E-state index < -0.39 is 91.5 Å². The molecule has 0 aromatic heterocycles. The van der Waals surface area contributed by atoms with Crippen LogP contribution in [0.15, 0.2) is 158 Å². The molecule has 0 aromatic carbocycles. The number of esters is 3. The van der Waals surface area contributed by atoms with Gasteiger partial charge >= 0.3 is 33.6 Å². The van der Waals surface area contributed by atoms with Gasteiger partial charge in [-0.2, -0.15) is 0 Å². The molecule has 0 bridgehead atoms. The van der Waals surface area contributed by atoms with Crippen LogP contribution < -0.4 is 0 Å². The Hall–Kier alpha value is -4.83.